The van der Waals surface area contributed by atoms with Crippen LogP contribution in [0.5, 0.6) is 0 Å². The van der Waals surface area contributed by atoms with Gasteiger partial charge in [-0.05, 0) is 38.8 Å². The van der Waals surface area contributed by atoms with Crippen LogP contribution >= 0.6 is 0 Å². The fourth-order valence-corrected chi connectivity index (χ4v) is 1.99. The Hall–Kier alpha value is -0.610. The van der Waals surface area contributed by atoms with Crippen molar-refractivity contribution in [2.24, 2.45) is 17.6 Å². The molecule has 0 aliphatic heterocycles. The number of amides is 1. The van der Waals surface area contributed by atoms with Gasteiger partial charge < -0.3 is 16.0 Å². The third-order valence-corrected chi connectivity index (χ3v) is 3.36. The number of nitrogens with one attached hydrogen (secondary N) is 1. The van der Waals surface area contributed by atoms with Gasteiger partial charge in [0.1, 0.15) is 0 Å². The van der Waals surface area contributed by atoms with E-state index in [4.69, 9.17) is 5.73 Å². The highest BCUT2D eigenvalue weighted by atomic mass is 16.1. The lowest BCUT2D eigenvalue weighted by molar-refractivity contribution is -0.122. The summed E-state index contributed by atoms with van der Waals surface area (Å²) in [4.78, 5) is 14.0. The quantitative estimate of drug-likeness (QED) is 0.693. The van der Waals surface area contributed by atoms with Crippen molar-refractivity contribution in [3.8, 4) is 0 Å². The molecule has 0 radical (unpaired) electrons. The molecule has 0 aromatic heterocycles. The number of rotatable bonds is 7. The second-order valence-corrected chi connectivity index (χ2v) is 5.89. The lowest BCUT2D eigenvalue weighted by Gasteiger charge is -2.26. The van der Waals surface area contributed by atoms with Crippen molar-refractivity contribution < 1.29 is 4.79 Å². The van der Waals surface area contributed by atoms with Gasteiger partial charge in [0.15, 0.2) is 0 Å². The molecule has 1 aliphatic carbocycles. The molecule has 1 rings (SSSR count). The highest BCUT2D eigenvalue weighted by Crippen LogP contribution is 2.32. The molecule has 1 fully saturated rings. The van der Waals surface area contributed by atoms with Gasteiger partial charge in [0, 0.05) is 25.0 Å². The molecule has 0 aromatic carbocycles. The van der Waals surface area contributed by atoms with Crippen LogP contribution < -0.4 is 11.1 Å². The van der Waals surface area contributed by atoms with Crippen LogP contribution in [0.3, 0.4) is 0 Å². The van der Waals surface area contributed by atoms with Gasteiger partial charge in [-0.25, -0.2) is 0 Å². The van der Waals surface area contributed by atoms with Crippen molar-refractivity contribution in [3.63, 3.8) is 0 Å². The second kappa shape index (κ2) is 6.36. The zero-order valence-corrected chi connectivity index (χ0v) is 11.6. The van der Waals surface area contributed by atoms with Crippen LogP contribution in [0.2, 0.25) is 0 Å². The molecule has 17 heavy (non-hydrogen) atoms. The summed E-state index contributed by atoms with van der Waals surface area (Å²) in [5.41, 5.74) is 5.96. The first kappa shape index (κ1) is 14.5. The van der Waals surface area contributed by atoms with E-state index in [0.29, 0.717) is 18.3 Å². The molecule has 4 heteroatoms. The summed E-state index contributed by atoms with van der Waals surface area (Å²) < 4.78 is 0. The van der Waals surface area contributed by atoms with Gasteiger partial charge in [0.05, 0.1) is 0 Å². The number of nitrogens with two attached hydrogens (primary N) is 1. The minimum atomic E-state index is 0.0576. The third-order valence-electron chi connectivity index (χ3n) is 3.36. The monoisotopic (exact) mass is 241 g/mol. The highest BCUT2D eigenvalue weighted by molar-refractivity contribution is 5.77. The van der Waals surface area contributed by atoms with E-state index in [-0.39, 0.29) is 18.0 Å². The van der Waals surface area contributed by atoms with Gasteiger partial charge in [0.2, 0.25) is 5.91 Å². The maximum Gasteiger partial charge on any atom is 0.221 e. The Kier molecular flexibility index (Phi) is 5.40. The predicted molar refractivity (Wildman–Crippen MR) is 70.6 cm³/mol. The van der Waals surface area contributed by atoms with Crippen molar-refractivity contribution in [1.29, 1.82) is 0 Å². The van der Waals surface area contributed by atoms with E-state index < -0.39 is 0 Å². The summed E-state index contributed by atoms with van der Waals surface area (Å²) in [6, 6.07) is 0.270. The molecule has 1 saturated carbocycles. The molecule has 1 aliphatic rings. The Morgan fingerprint density at radius 2 is 2.00 bits per heavy atom. The molecule has 2 atom stereocenters. The van der Waals surface area contributed by atoms with Gasteiger partial charge in [-0.1, -0.05) is 13.8 Å². The van der Waals surface area contributed by atoms with Crippen molar-refractivity contribution in [2.75, 3.05) is 20.6 Å². The van der Waals surface area contributed by atoms with E-state index in [0.717, 1.165) is 6.54 Å². The number of hydrogen-bond acceptors (Lipinski definition) is 3. The Bertz CT molecular complexity index is 249. The van der Waals surface area contributed by atoms with Gasteiger partial charge in [-0.15, -0.1) is 0 Å². The van der Waals surface area contributed by atoms with E-state index >= 15 is 0 Å². The first-order valence-electron chi connectivity index (χ1n) is 6.59. The molecule has 4 nitrogen and oxygen atoms in total. The number of hydrogen-bond donors (Lipinski definition) is 2. The first-order chi connectivity index (χ1) is 7.90. The van der Waals surface area contributed by atoms with Gasteiger partial charge in [-0.2, -0.15) is 0 Å². The summed E-state index contributed by atoms with van der Waals surface area (Å²) in [5.74, 6) is 1.13. The molecule has 1 amide bonds. The third kappa shape index (κ3) is 5.50. The Morgan fingerprint density at radius 1 is 1.41 bits per heavy atom. The standard InChI is InChI=1S/C13H27N3O/c1-9(2)12(8-16(3)4)15-13(17)7-11(14)10-5-6-10/h9-12H,5-8,14H2,1-4H3,(H,15,17). The summed E-state index contributed by atoms with van der Waals surface area (Å²) in [6.45, 7) is 5.15. The van der Waals surface area contributed by atoms with Crippen LogP contribution in [-0.4, -0.2) is 43.5 Å². The SMILES string of the molecule is CC(C)C(CN(C)C)NC(=O)CC(N)C1CC1. The average molecular weight is 241 g/mol. The summed E-state index contributed by atoms with van der Waals surface area (Å²) in [6.07, 6.45) is 2.86. The molecular formula is C13H27N3O. The maximum absolute atomic E-state index is 11.9. The van der Waals surface area contributed by atoms with Crippen LogP contribution in [0, 0.1) is 11.8 Å². The average Bonchev–Trinajstić information content (AvgIpc) is 2.98. The Balaban J connectivity index is 2.34. The van der Waals surface area contributed by atoms with E-state index in [1.165, 1.54) is 12.8 Å². The number of carbonyl (C=O) groups is 1. The van der Waals surface area contributed by atoms with Crippen LogP contribution in [0.1, 0.15) is 33.1 Å². The number of carbonyl (C=O) groups excluding carboxylic acids is 1. The Labute approximate surface area is 105 Å². The fourth-order valence-electron chi connectivity index (χ4n) is 1.99. The van der Waals surface area contributed by atoms with E-state index in [1.807, 2.05) is 14.1 Å². The van der Waals surface area contributed by atoms with Gasteiger partial charge in [-0.3, -0.25) is 4.79 Å². The lowest BCUT2D eigenvalue weighted by Crippen LogP contribution is -2.46. The number of nitrogens with zero attached hydrogens (tertiary/aromatic N) is 1. The second-order valence-electron chi connectivity index (χ2n) is 5.89. The lowest BCUT2D eigenvalue weighted by atomic mass is 10.0. The molecule has 0 spiro atoms. The highest BCUT2D eigenvalue weighted by Gasteiger charge is 2.30. The molecule has 100 valence electrons. The zero-order valence-electron chi connectivity index (χ0n) is 11.6. The smallest absolute Gasteiger partial charge is 0.221 e. The first-order valence-corrected chi connectivity index (χ1v) is 6.59. The van der Waals surface area contributed by atoms with Crippen molar-refractivity contribution in [1.82, 2.24) is 10.2 Å². The summed E-state index contributed by atoms with van der Waals surface area (Å²) in [7, 11) is 4.05. The molecule has 0 heterocycles. The van der Waals surface area contributed by atoms with Crippen LogP contribution in [0.25, 0.3) is 0 Å². The molecule has 0 bridgehead atoms. The zero-order chi connectivity index (χ0) is 13.0. The molecule has 3 N–H and O–H groups in total. The van der Waals surface area contributed by atoms with Crippen molar-refractivity contribution >= 4 is 5.91 Å². The van der Waals surface area contributed by atoms with Gasteiger partial charge >= 0.3 is 0 Å². The minimum absolute atomic E-state index is 0.0576. The van der Waals surface area contributed by atoms with Crippen molar-refractivity contribution in [3.05, 3.63) is 0 Å². The van der Waals surface area contributed by atoms with Gasteiger partial charge in [0.25, 0.3) is 0 Å². The largest absolute Gasteiger partial charge is 0.352 e. The van der Waals surface area contributed by atoms with E-state index in [2.05, 4.69) is 24.1 Å². The van der Waals surface area contributed by atoms with Crippen LogP contribution in [0.4, 0.5) is 0 Å². The van der Waals surface area contributed by atoms with E-state index in [9.17, 15) is 4.79 Å². The normalized spacial score (nSPS) is 19.5. The maximum atomic E-state index is 11.9. The van der Waals surface area contributed by atoms with Crippen LogP contribution in [0.15, 0.2) is 0 Å². The molecule has 0 aromatic rings. The Morgan fingerprint density at radius 3 is 2.41 bits per heavy atom. The summed E-state index contributed by atoms with van der Waals surface area (Å²) >= 11 is 0. The summed E-state index contributed by atoms with van der Waals surface area (Å²) in [5, 5.41) is 3.10. The number of likely N-dealkylation sites (N-methyl/N-ethyl adjacent to an activating group) is 1. The fraction of sp³-hybridized carbons (Fsp3) is 0.923. The van der Waals surface area contributed by atoms with Crippen LogP contribution in [-0.2, 0) is 4.79 Å². The minimum Gasteiger partial charge on any atom is -0.352 e. The van der Waals surface area contributed by atoms with Crippen molar-refractivity contribution in [2.45, 2.75) is 45.2 Å². The topological polar surface area (TPSA) is 58.4 Å². The molecule has 2 unspecified atom stereocenters. The van der Waals surface area contributed by atoms with E-state index in [1.54, 1.807) is 0 Å². The molecule has 0 saturated heterocycles. The predicted octanol–water partition coefficient (Wildman–Crippen LogP) is 0.816. The molecular weight excluding hydrogens is 214 g/mol.